The van der Waals surface area contributed by atoms with Gasteiger partial charge in [-0.3, -0.25) is 0 Å². The monoisotopic (exact) mass is 167 g/mol. The van der Waals surface area contributed by atoms with E-state index in [2.05, 4.69) is 0 Å². The van der Waals surface area contributed by atoms with Crippen LogP contribution >= 0.6 is 0 Å². The summed E-state index contributed by atoms with van der Waals surface area (Å²) < 4.78 is 18.0. The van der Waals surface area contributed by atoms with Gasteiger partial charge in [0.05, 0.1) is 12.3 Å². The lowest BCUT2D eigenvalue weighted by atomic mass is 9.79. The number of hydrogen-bond acceptors (Lipinski definition) is 3. The number of rotatable bonds is 0. The minimum Gasteiger partial charge on any atom is -0.423 e. The highest BCUT2D eigenvalue weighted by Crippen LogP contribution is 2.16. The maximum Gasteiger partial charge on any atom is 0.494 e. The molecule has 0 spiro atoms. The molecule has 5 heteroatoms. The Kier molecular flexibility index (Phi) is 1.56. The Morgan fingerprint density at radius 2 is 2.33 bits per heavy atom. The SMILES string of the molecule is Nc1ccc2c(c1F)B(O)OC2. The predicted octanol–water partition coefficient (Wildman–Crippen LogP) is -0.374. The summed E-state index contributed by atoms with van der Waals surface area (Å²) in [6.45, 7) is 0.244. The van der Waals surface area contributed by atoms with Gasteiger partial charge in [0.15, 0.2) is 0 Å². The number of hydrogen-bond donors (Lipinski definition) is 2. The van der Waals surface area contributed by atoms with Crippen molar-refractivity contribution in [2.75, 3.05) is 5.73 Å². The molecule has 0 aromatic heterocycles. The quantitative estimate of drug-likeness (QED) is 0.409. The zero-order valence-electron chi connectivity index (χ0n) is 6.25. The molecule has 1 aliphatic heterocycles. The summed E-state index contributed by atoms with van der Waals surface area (Å²) in [5, 5.41) is 9.17. The van der Waals surface area contributed by atoms with Gasteiger partial charge in [-0.15, -0.1) is 0 Å². The average Bonchev–Trinajstić information content (AvgIpc) is 2.41. The first-order chi connectivity index (χ1) is 5.70. The summed E-state index contributed by atoms with van der Waals surface area (Å²) >= 11 is 0. The summed E-state index contributed by atoms with van der Waals surface area (Å²) in [6.07, 6.45) is 0. The maximum atomic E-state index is 13.2. The van der Waals surface area contributed by atoms with Gasteiger partial charge in [0.25, 0.3) is 0 Å². The molecule has 0 saturated carbocycles. The number of benzene rings is 1. The van der Waals surface area contributed by atoms with Gasteiger partial charge in [-0.25, -0.2) is 4.39 Å². The Bertz CT molecular complexity index is 331. The highest BCUT2D eigenvalue weighted by molar-refractivity contribution is 6.61. The summed E-state index contributed by atoms with van der Waals surface area (Å²) in [6, 6.07) is 3.12. The highest BCUT2D eigenvalue weighted by atomic mass is 19.1. The van der Waals surface area contributed by atoms with Crippen LogP contribution < -0.4 is 11.2 Å². The van der Waals surface area contributed by atoms with Crippen LogP contribution in [0.15, 0.2) is 12.1 Å². The molecule has 1 heterocycles. The molecule has 0 fully saturated rings. The molecule has 12 heavy (non-hydrogen) atoms. The molecule has 0 unspecified atom stereocenters. The molecule has 0 saturated heterocycles. The van der Waals surface area contributed by atoms with E-state index < -0.39 is 12.9 Å². The van der Waals surface area contributed by atoms with Crippen molar-refractivity contribution < 1.29 is 14.1 Å². The van der Waals surface area contributed by atoms with E-state index in [0.29, 0.717) is 5.56 Å². The first-order valence-electron chi connectivity index (χ1n) is 3.56. The van der Waals surface area contributed by atoms with Gasteiger partial charge in [-0.2, -0.15) is 0 Å². The van der Waals surface area contributed by atoms with E-state index in [1.165, 1.54) is 6.07 Å². The molecule has 62 valence electrons. The van der Waals surface area contributed by atoms with Crippen LogP contribution in [-0.2, 0) is 11.3 Å². The van der Waals surface area contributed by atoms with E-state index in [0.717, 1.165) is 0 Å². The van der Waals surface area contributed by atoms with Crippen molar-refractivity contribution in [2.24, 2.45) is 0 Å². The fourth-order valence-electron chi connectivity index (χ4n) is 1.29. The second-order valence-electron chi connectivity index (χ2n) is 2.70. The average molecular weight is 167 g/mol. The third-order valence-electron chi connectivity index (χ3n) is 1.94. The maximum absolute atomic E-state index is 13.2. The second kappa shape index (κ2) is 2.47. The van der Waals surface area contributed by atoms with Crippen molar-refractivity contribution in [3.8, 4) is 0 Å². The van der Waals surface area contributed by atoms with E-state index in [1.54, 1.807) is 6.07 Å². The summed E-state index contributed by atoms with van der Waals surface area (Å²) in [5.74, 6) is -0.572. The van der Waals surface area contributed by atoms with E-state index >= 15 is 0 Å². The van der Waals surface area contributed by atoms with Crippen LogP contribution in [0, 0.1) is 5.82 Å². The van der Waals surface area contributed by atoms with E-state index in [1.807, 2.05) is 0 Å². The lowest BCUT2D eigenvalue weighted by Gasteiger charge is -2.02. The predicted molar refractivity (Wildman–Crippen MR) is 43.2 cm³/mol. The minimum absolute atomic E-state index is 0.0401. The standard InChI is InChI=1S/C7H7BFNO2/c9-7-5(10)2-1-4-3-12-8(11)6(4)7/h1-2,11H,3,10H2. The lowest BCUT2D eigenvalue weighted by molar-refractivity contribution is 0.275. The molecule has 3 N–H and O–H groups in total. The Hall–Kier alpha value is -1.07. The number of anilines is 1. The van der Waals surface area contributed by atoms with Gasteiger partial charge in [0.2, 0.25) is 0 Å². The Morgan fingerprint density at radius 1 is 1.58 bits per heavy atom. The third-order valence-corrected chi connectivity index (χ3v) is 1.94. The topological polar surface area (TPSA) is 55.5 Å². The normalized spacial score (nSPS) is 15.0. The summed E-state index contributed by atoms with van der Waals surface area (Å²) in [7, 11) is -1.16. The lowest BCUT2D eigenvalue weighted by Crippen LogP contribution is -2.31. The number of nitrogen functional groups attached to an aromatic ring is 1. The second-order valence-corrected chi connectivity index (χ2v) is 2.70. The Morgan fingerprint density at radius 3 is 3.08 bits per heavy atom. The van der Waals surface area contributed by atoms with Crippen LogP contribution in [0.1, 0.15) is 5.56 Å². The smallest absolute Gasteiger partial charge is 0.423 e. The van der Waals surface area contributed by atoms with Gasteiger partial charge < -0.3 is 15.4 Å². The fourth-order valence-corrected chi connectivity index (χ4v) is 1.29. The van der Waals surface area contributed by atoms with Gasteiger partial charge >= 0.3 is 7.12 Å². The van der Waals surface area contributed by atoms with Crippen LogP contribution in [0.3, 0.4) is 0 Å². The third kappa shape index (κ3) is 0.905. The molecule has 2 rings (SSSR count). The molecular formula is C7H7BFNO2. The Labute approximate surface area is 69.1 Å². The molecule has 0 bridgehead atoms. The van der Waals surface area contributed by atoms with Crippen LogP contribution in [0.5, 0.6) is 0 Å². The number of halogens is 1. The van der Waals surface area contributed by atoms with Crippen LogP contribution in [0.25, 0.3) is 0 Å². The summed E-state index contributed by atoms with van der Waals surface area (Å²) in [4.78, 5) is 0. The van der Waals surface area contributed by atoms with E-state index in [4.69, 9.17) is 15.4 Å². The van der Waals surface area contributed by atoms with Crippen molar-refractivity contribution in [1.82, 2.24) is 0 Å². The van der Waals surface area contributed by atoms with Crippen molar-refractivity contribution >= 4 is 18.3 Å². The van der Waals surface area contributed by atoms with Crippen LogP contribution in [0.4, 0.5) is 10.1 Å². The molecule has 3 nitrogen and oxygen atoms in total. The molecule has 0 amide bonds. The van der Waals surface area contributed by atoms with Gasteiger partial charge in [-0.1, -0.05) is 6.07 Å². The van der Waals surface area contributed by atoms with Gasteiger partial charge in [-0.05, 0) is 11.6 Å². The first-order valence-corrected chi connectivity index (χ1v) is 3.56. The first kappa shape index (κ1) is 7.58. The van der Waals surface area contributed by atoms with Crippen molar-refractivity contribution in [3.63, 3.8) is 0 Å². The molecule has 1 aromatic carbocycles. The molecule has 1 aromatic rings. The molecular weight excluding hydrogens is 160 g/mol. The fraction of sp³-hybridized carbons (Fsp3) is 0.143. The van der Waals surface area contributed by atoms with Crippen molar-refractivity contribution in [2.45, 2.75) is 6.61 Å². The molecule has 0 atom stereocenters. The zero-order valence-corrected chi connectivity index (χ0v) is 6.25. The van der Waals surface area contributed by atoms with Crippen molar-refractivity contribution in [1.29, 1.82) is 0 Å². The highest BCUT2D eigenvalue weighted by Gasteiger charge is 2.31. The van der Waals surface area contributed by atoms with E-state index in [-0.39, 0.29) is 17.8 Å². The van der Waals surface area contributed by atoms with E-state index in [9.17, 15) is 4.39 Å². The Balaban J connectivity index is 2.63. The number of fused-ring (bicyclic) bond motifs is 1. The largest absolute Gasteiger partial charge is 0.494 e. The van der Waals surface area contributed by atoms with Crippen molar-refractivity contribution in [3.05, 3.63) is 23.5 Å². The zero-order chi connectivity index (χ0) is 8.72. The summed E-state index contributed by atoms with van der Waals surface area (Å²) in [5.41, 5.74) is 6.19. The van der Waals surface area contributed by atoms with Gasteiger partial charge in [0, 0.05) is 5.46 Å². The number of nitrogens with two attached hydrogens (primary N) is 1. The van der Waals surface area contributed by atoms with Gasteiger partial charge in [0.1, 0.15) is 5.82 Å². The van der Waals surface area contributed by atoms with Crippen LogP contribution in [-0.4, -0.2) is 12.1 Å². The molecule has 1 aliphatic rings. The van der Waals surface area contributed by atoms with Crippen LogP contribution in [0.2, 0.25) is 0 Å². The molecule has 0 aliphatic carbocycles. The molecule has 0 radical (unpaired) electrons. The minimum atomic E-state index is -1.16.